The molecule has 0 unspecified atom stereocenters. The van der Waals surface area contributed by atoms with E-state index in [0.717, 1.165) is 42.9 Å². The van der Waals surface area contributed by atoms with E-state index in [1.165, 1.54) is 0 Å². The molecule has 2 atom stereocenters. The molecular formula is C26H32N4O2. The molecule has 0 bridgehead atoms. The van der Waals surface area contributed by atoms with Gasteiger partial charge in [-0.3, -0.25) is 14.4 Å². The van der Waals surface area contributed by atoms with Gasteiger partial charge in [0, 0.05) is 37.9 Å². The lowest BCUT2D eigenvalue weighted by Gasteiger charge is -2.35. The number of carbonyl (C=O) groups is 1. The Balaban J connectivity index is 1.41. The highest BCUT2D eigenvalue weighted by Crippen LogP contribution is 2.22. The van der Waals surface area contributed by atoms with Crippen LogP contribution in [-0.4, -0.2) is 59.0 Å². The van der Waals surface area contributed by atoms with Crippen LogP contribution in [0.25, 0.3) is 11.3 Å². The second-order valence-corrected chi connectivity index (χ2v) is 8.57. The van der Waals surface area contributed by atoms with Gasteiger partial charge in [0.25, 0.3) is 5.91 Å². The SMILES string of the molecule is C[C@H]1CN(CCCNC(=O)c2cn(Cc3ccccc3)nc2-c2ccccc2)C[C@H](C)O1. The van der Waals surface area contributed by atoms with E-state index in [1.807, 2.05) is 59.4 Å². The van der Waals surface area contributed by atoms with Crippen LogP contribution in [0.2, 0.25) is 0 Å². The number of carbonyl (C=O) groups excluding carboxylic acids is 1. The zero-order chi connectivity index (χ0) is 22.3. The summed E-state index contributed by atoms with van der Waals surface area (Å²) in [4.78, 5) is 15.5. The van der Waals surface area contributed by atoms with Crippen LogP contribution in [0.1, 0.15) is 36.2 Å². The molecule has 168 valence electrons. The standard InChI is InChI=1S/C26H32N4O2/c1-20-16-29(17-21(2)32-20)15-9-14-27-26(31)24-19-30(18-22-10-5-3-6-11-22)28-25(24)23-12-7-4-8-13-23/h3-8,10-13,19-21H,9,14-18H2,1-2H3,(H,27,31)/t20-,21-/m0/s1. The fourth-order valence-electron chi connectivity index (χ4n) is 4.32. The number of hydrogen-bond acceptors (Lipinski definition) is 4. The second-order valence-electron chi connectivity index (χ2n) is 8.57. The third-order valence-electron chi connectivity index (χ3n) is 5.67. The number of nitrogens with one attached hydrogen (secondary N) is 1. The van der Waals surface area contributed by atoms with Crippen LogP contribution >= 0.6 is 0 Å². The summed E-state index contributed by atoms with van der Waals surface area (Å²) < 4.78 is 7.65. The predicted molar refractivity (Wildman–Crippen MR) is 127 cm³/mol. The predicted octanol–water partition coefficient (Wildman–Crippen LogP) is 3.83. The molecule has 2 heterocycles. The number of hydrogen-bond donors (Lipinski definition) is 1. The lowest BCUT2D eigenvalue weighted by atomic mass is 10.1. The van der Waals surface area contributed by atoms with Gasteiger partial charge in [0.05, 0.1) is 24.3 Å². The number of morpholine rings is 1. The molecule has 1 aliphatic heterocycles. The smallest absolute Gasteiger partial charge is 0.255 e. The van der Waals surface area contributed by atoms with Crippen molar-refractivity contribution in [3.05, 3.63) is 78.0 Å². The molecule has 2 aromatic carbocycles. The Kier molecular flexibility index (Phi) is 7.35. The first-order chi connectivity index (χ1) is 15.6. The van der Waals surface area contributed by atoms with Gasteiger partial charge < -0.3 is 10.1 Å². The van der Waals surface area contributed by atoms with Crippen molar-refractivity contribution in [3.63, 3.8) is 0 Å². The summed E-state index contributed by atoms with van der Waals surface area (Å²) in [6.07, 6.45) is 3.29. The van der Waals surface area contributed by atoms with E-state index in [2.05, 4.69) is 36.2 Å². The van der Waals surface area contributed by atoms with Gasteiger partial charge in [0.1, 0.15) is 5.69 Å². The summed E-state index contributed by atoms with van der Waals surface area (Å²) in [6, 6.07) is 20.1. The molecule has 1 aliphatic rings. The summed E-state index contributed by atoms with van der Waals surface area (Å²) >= 11 is 0. The van der Waals surface area contributed by atoms with Crippen molar-refractivity contribution >= 4 is 5.91 Å². The van der Waals surface area contributed by atoms with Crippen LogP contribution in [-0.2, 0) is 11.3 Å². The van der Waals surface area contributed by atoms with Crippen LogP contribution in [0.5, 0.6) is 0 Å². The summed E-state index contributed by atoms with van der Waals surface area (Å²) in [5, 5.41) is 7.85. The van der Waals surface area contributed by atoms with Crippen molar-refractivity contribution in [2.45, 2.75) is 39.0 Å². The first-order valence-corrected chi connectivity index (χ1v) is 11.4. The topological polar surface area (TPSA) is 59.4 Å². The molecule has 1 aromatic heterocycles. The molecule has 0 saturated carbocycles. The number of benzene rings is 2. The quantitative estimate of drug-likeness (QED) is 0.550. The van der Waals surface area contributed by atoms with Gasteiger partial charge in [0.15, 0.2) is 0 Å². The molecule has 4 rings (SSSR count). The minimum Gasteiger partial charge on any atom is -0.373 e. The molecule has 6 nitrogen and oxygen atoms in total. The van der Waals surface area contributed by atoms with Gasteiger partial charge in [0.2, 0.25) is 0 Å². The minimum atomic E-state index is -0.0770. The molecule has 6 heteroatoms. The van der Waals surface area contributed by atoms with Crippen molar-refractivity contribution in [1.29, 1.82) is 0 Å². The molecule has 0 aliphatic carbocycles. The average Bonchev–Trinajstić information content (AvgIpc) is 3.21. The molecule has 32 heavy (non-hydrogen) atoms. The number of amides is 1. The number of nitrogens with zero attached hydrogens (tertiary/aromatic N) is 3. The average molecular weight is 433 g/mol. The van der Waals surface area contributed by atoms with Crippen LogP contribution < -0.4 is 5.32 Å². The molecule has 1 fully saturated rings. The summed E-state index contributed by atoms with van der Waals surface area (Å²) in [6.45, 7) is 8.34. The first kappa shape index (κ1) is 22.2. The zero-order valence-corrected chi connectivity index (χ0v) is 18.9. The van der Waals surface area contributed by atoms with Crippen LogP contribution in [0.4, 0.5) is 0 Å². The van der Waals surface area contributed by atoms with Gasteiger partial charge in [-0.05, 0) is 25.8 Å². The highest BCUT2D eigenvalue weighted by atomic mass is 16.5. The lowest BCUT2D eigenvalue weighted by Crippen LogP contribution is -2.46. The monoisotopic (exact) mass is 432 g/mol. The molecule has 1 amide bonds. The highest BCUT2D eigenvalue weighted by Gasteiger charge is 2.22. The summed E-state index contributed by atoms with van der Waals surface area (Å²) in [5.41, 5.74) is 3.42. The van der Waals surface area contributed by atoms with E-state index in [9.17, 15) is 4.79 Å². The van der Waals surface area contributed by atoms with Crippen LogP contribution in [0.3, 0.4) is 0 Å². The van der Waals surface area contributed by atoms with Gasteiger partial charge in [-0.1, -0.05) is 60.7 Å². The Bertz CT molecular complexity index is 993. The van der Waals surface area contributed by atoms with E-state index < -0.39 is 0 Å². The Morgan fingerprint density at radius 2 is 1.69 bits per heavy atom. The Labute approximate surface area is 190 Å². The van der Waals surface area contributed by atoms with Gasteiger partial charge in [-0.15, -0.1) is 0 Å². The van der Waals surface area contributed by atoms with Crippen LogP contribution in [0, 0.1) is 0 Å². The maximum atomic E-state index is 13.1. The van der Waals surface area contributed by atoms with Crippen molar-refractivity contribution in [2.75, 3.05) is 26.2 Å². The van der Waals surface area contributed by atoms with E-state index in [-0.39, 0.29) is 18.1 Å². The summed E-state index contributed by atoms with van der Waals surface area (Å²) in [7, 11) is 0. The molecule has 3 aromatic rings. The molecule has 1 saturated heterocycles. The van der Waals surface area contributed by atoms with Crippen LogP contribution in [0.15, 0.2) is 66.9 Å². The van der Waals surface area contributed by atoms with Gasteiger partial charge in [-0.25, -0.2) is 0 Å². The van der Waals surface area contributed by atoms with Gasteiger partial charge in [-0.2, -0.15) is 5.10 Å². The van der Waals surface area contributed by atoms with Crippen molar-refractivity contribution in [2.24, 2.45) is 0 Å². The molecule has 0 radical (unpaired) electrons. The third kappa shape index (κ3) is 5.84. The van der Waals surface area contributed by atoms with E-state index in [1.54, 1.807) is 0 Å². The minimum absolute atomic E-state index is 0.0770. The first-order valence-electron chi connectivity index (χ1n) is 11.4. The van der Waals surface area contributed by atoms with Crippen molar-refractivity contribution < 1.29 is 9.53 Å². The second kappa shape index (κ2) is 10.6. The fourth-order valence-corrected chi connectivity index (χ4v) is 4.32. The zero-order valence-electron chi connectivity index (χ0n) is 18.9. The maximum absolute atomic E-state index is 13.1. The van der Waals surface area contributed by atoms with Gasteiger partial charge >= 0.3 is 0 Å². The Morgan fingerprint density at radius 1 is 1.03 bits per heavy atom. The fraction of sp³-hybridized carbons (Fsp3) is 0.385. The number of ether oxygens (including phenoxy) is 1. The highest BCUT2D eigenvalue weighted by molar-refractivity contribution is 5.99. The van der Waals surface area contributed by atoms with E-state index >= 15 is 0 Å². The number of rotatable bonds is 8. The largest absolute Gasteiger partial charge is 0.373 e. The Morgan fingerprint density at radius 3 is 2.38 bits per heavy atom. The summed E-state index contributed by atoms with van der Waals surface area (Å²) in [5.74, 6) is -0.0770. The van der Waals surface area contributed by atoms with E-state index in [0.29, 0.717) is 18.7 Å². The molecule has 0 spiro atoms. The maximum Gasteiger partial charge on any atom is 0.255 e. The Hall–Kier alpha value is -2.96. The van der Waals surface area contributed by atoms with Crippen molar-refractivity contribution in [3.8, 4) is 11.3 Å². The van der Waals surface area contributed by atoms with Crippen molar-refractivity contribution in [1.82, 2.24) is 20.0 Å². The molecule has 1 N–H and O–H groups in total. The lowest BCUT2D eigenvalue weighted by molar-refractivity contribution is -0.0679. The molecular weight excluding hydrogens is 400 g/mol. The third-order valence-corrected chi connectivity index (χ3v) is 5.67. The van der Waals surface area contributed by atoms with E-state index in [4.69, 9.17) is 9.84 Å². The normalized spacial score (nSPS) is 19.1. The number of aromatic nitrogens is 2.